The maximum absolute atomic E-state index is 13.5. The Balaban J connectivity index is 2.07. The number of hydrogen-bond donors (Lipinski definition) is 1. The van der Waals surface area contributed by atoms with Crippen molar-refractivity contribution in [2.45, 2.75) is 12.8 Å². The molecule has 0 aliphatic carbocycles. The first kappa shape index (κ1) is 13.5. The van der Waals surface area contributed by atoms with Crippen LogP contribution in [0.2, 0.25) is 0 Å². The Hall–Kier alpha value is -2.44. The van der Waals surface area contributed by atoms with E-state index in [4.69, 9.17) is 10.5 Å². The third-order valence-electron chi connectivity index (χ3n) is 3.43. The summed E-state index contributed by atoms with van der Waals surface area (Å²) in [5.74, 6) is 1.08. The normalized spacial score (nSPS) is 14.5. The second-order valence-electron chi connectivity index (χ2n) is 4.86. The Kier molecular flexibility index (Phi) is 3.55. The van der Waals surface area contributed by atoms with E-state index >= 15 is 0 Å². The molecule has 0 bridgehead atoms. The van der Waals surface area contributed by atoms with Crippen molar-refractivity contribution in [1.82, 2.24) is 15.0 Å². The van der Waals surface area contributed by atoms with Crippen LogP contribution >= 0.6 is 0 Å². The van der Waals surface area contributed by atoms with Crippen LogP contribution in [0.15, 0.2) is 18.2 Å². The van der Waals surface area contributed by atoms with Crippen LogP contribution in [-0.4, -0.2) is 35.2 Å². The fourth-order valence-corrected chi connectivity index (χ4v) is 2.41. The molecule has 3 rings (SSSR count). The quantitative estimate of drug-likeness (QED) is 0.929. The first-order chi connectivity index (χ1) is 10.2. The van der Waals surface area contributed by atoms with Crippen LogP contribution in [0.3, 0.4) is 0 Å². The number of rotatable bonds is 3. The SMILES string of the molecule is COc1ccc(F)cc1-c1nc(N)nc(N2CCCC2)n1. The molecule has 0 saturated carbocycles. The van der Waals surface area contributed by atoms with Crippen molar-refractivity contribution in [1.29, 1.82) is 0 Å². The van der Waals surface area contributed by atoms with Crippen molar-refractivity contribution in [2.75, 3.05) is 30.8 Å². The molecule has 6 nitrogen and oxygen atoms in total. The minimum atomic E-state index is -0.382. The lowest BCUT2D eigenvalue weighted by atomic mass is 10.2. The van der Waals surface area contributed by atoms with Crippen molar-refractivity contribution >= 4 is 11.9 Å². The number of nitrogens with zero attached hydrogens (tertiary/aromatic N) is 4. The Morgan fingerprint density at radius 1 is 1.19 bits per heavy atom. The number of ether oxygens (including phenoxy) is 1. The standard InChI is InChI=1S/C14H16FN5O/c1-21-11-5-4-9(15)8-10(11)12-17-13(16)19-14(18-12)20-6-2-3-7-20/h4-5,8H,2-3,6-7H2,1H3,(H2,16,17,18,19). The van der Waals surface area contributed by atoms with E-state index < -0.39 is 0 Å². The third-order valence-corrected chi connectivity index (χ3v) is 3.43. The van der Waals surface area contributed by atoms with Gasteiger partial charge in [0.2, 0.25) is 11.9 Å². The monoisotopic (exact) mass is 289 g/mol. The topological polar surface area (TPSA) is 77.2 Å². The molecule has 0 amide bonds. The van der Waals surface area contributed by atoms with Crippen molar-refractivity contribution < 1.29 is 9.13 Å². The van der Waals surface area contributed by atoms with Gasteiger partial charge in [-0.2, -0.15) is 15.0 Å². The molecule has 2 heterocycles. The molecule has 1 aliphatic rings. The minimum absolute atomic E-state index is 0.119. The van der Waals surface area contributed by atoms with Gasteiger partial charge in [-0.3, -0.25) is 0 Å². The lowest BCUT2D eigenvalue weighted by Crippen LogP contribution is -2.21. The molecule has 0 radical (unpaired) electrons. The first-order valence-electron chi connectivity index (χ1n) is 6.78. The van der Waals surface area contributed by atoms with E-state index in [2.05, 4.69) is 15.0 Å². The van der Waals surface area contributed by atoms with Gasteiger partial charge in [0.1, 0.15) is 11.6 Å². The molecule has 1 aliphatic heterocycles. The Labute approximate surface area is 121 Å². The summed E-state index contributed by atoms with van der Waals surface area (Å²) in [7, 11) is 1.52. The molecule has 0 atom stereocenters. The van der Waals surface area contributed by atoms with E-state index in [1.807, 2.05) is 4.90 Å². The van der Waals surface area contributed by atoms with Crippen LogP contribution in [0.1, 0.15) is 12.8 Å². The predicted molar refractivity (Wildman–Crippen MR) is 77.6 cm³/mol. The molecule has 21 heavy (non-hydrogen) atoms. The average molecular weight is 289 g/mol. The number of halogens is 1. The predicted octanol–water partition coefficient (Wildman–Crippen LogP) is 1.87. The third kappa shape index (κ3) is 2.72. The summed E-state index contributed by atoms with van der Waals surface area (Å²) in [5, 5.41) is 0. The van der Waals surface area contributed by atoms with Crippen molar-refractivity contribution in [3.63, 3.8) is 0 Å². The summed E-state index contributed by atoms with van der Waals surface area (Å²) in [5.41, 5.74) is 6.24. The van der Waals surface area contributed by atoms with E-state index in [0.717, 1.165) is 25.9 Å². The van der Waals surface area contributed by atoms with Crippen LogP contribution < -0.4 is 15.4 Å². The van der Waals surface area contributed by atoms with Crippen LogP contribution in [0.5, 0.6) is 5.75 Å². The largest absolute Gasteiger partial charge is 0.496 e. The Morgan fingerprint density at radius 3 is 2.67 bits per heavy atom. The Morgan fingerprint density at radius 2 is 1.95 bits per heavy atom. The smallest absolute Gasteiger partial charge is 0.230 e. The van der Waals surface area contributed by atoms with E-state index in [9.17, 15) is 4.39 Å². The zero-order valence-electron chi connectivity index (χ0n) is 11.7. The van der Waals surface area contributed by atoms with Gasteiger partial charge in [-0.05, 0) is 31.0 Å². The zero-order valence-corrected chi connectivity index (χ0v) is 11.7. The van der Waals surface area contributed by atoms with Gasteiger partial charge in [0.05, 0.1) is 12.7 Å². The summed E-state index contributed by atoms with van der Waals surface area (Å²) >= 11 is 0. The molecule has 1 fully saturated rings. The molecule has 0 spiro atoms. The summed E-state index contributed by atoms with van der Waals surface area (Å²) in [4.78, 5) is 14.7. The average Bonchev–Trinajstić information content (AvgIpc) is 3.01. The number of nitrogen functional groups attached to an aromatic ring is 1. The highest BCUT2D eigenvalue weighted by molar-refractivity contribution is 5.65. The van der Waals surface area contributed by atoms with Crippen LogP contribution in [-0.2, 0) is 0 Å². The Bertz CT molecular complexity index is 658. The molecular weight excluding hydrogens is 273 g/mol. The highest BCUT2D eigenvalue weighted by Gasteiger charge is 2.19. The number of methoxy groups -OCH3 is 1. The van der Waals surface area contributed by atoms with Gasteiger partial charge in [-0.25, -0.2) is 4.39 Å². The fraction of sp³-hybridized carbons (Fsp3) is 0.357. The zero-order chi connectivity index (χ0) is 14.8. The molecule has 2 N–H and O–H groups in total. The molecule has 2 aromatic rings. The van der Waals surface area contributed by atoms with Crippen molar-refractivity contribution in [3.8, 4) is 17.1 Å². The van der Waals surface area contributed by atoms with Gasteiger partial charge in [0.25, 0.3) is 0 Å². The van der Waals surface area contributed by atoms with Crippen molar-refractivity contribution in [2.24, 2.45) is 0 Å². The van der Waals surface area contributed by atoms with Gasteiger partial charge in [-0.1, -0.05) is 0 Å². The lowest BCUT2D eigenvalue weighted by molar-refractivity contribution is 0.415. The summed E-state index contributed by atoms with van der Waals surface area (Å²) in [6.45, 7) is 1.78. The van der Waals surface area contributed by atoms with Gasteiger partial charge < -0.3 is 15.4 Å². The van der Waals surface area contributed by atoms with Crippen molar-refractivity contribution in [3.05, 3.63) is 24.0 Å². The molecule has 1 aromatic carbocycles. The number of hydrogen-bond acceptors (Lipinski definition) is 6. The van der Waals surface area contributed by atoms with Gasteiger partial charge >= 0.3 is 0 Å². The van der Waals surface area contributed by atoms with Gasteiger partial charge in [0.15, 0.2) is 5.82 Å². The van der Waals surface area contributed by atoms with E-state index in [-0.39, 0.29) is 11.8 Å². The summed E-state index contributed by atoms with van der Waals surface area (Å²) < 4.78 is 18.7. The minimum Gasteiger partial charge on any atom is -0.496 e. The molecule has 0 unspecified atom stereocenters. The van der Waals surface area contributed by atoms with E-state index in [0.29, 0.717) is 23.1 Å². The summed E-state index contributed by atoms with van der Waals surface area (Å²) in [6.07, 6.45) is 2.20. The highest BCUT2D eigenvalue weighted by atomic mass is 19.1. The van der Waals surface area contributed by atoms with Gasteiger partial charge in [0, 0.05) is 13.1 Å². The second-order valence-corrected chi connectivity index (χ2v) is 4.86. The maximum atomic E-state index is 13.5. The lowest BCUT2D eigenvalue weighted by Gasteiger charge is -2.16. The molecular formula is C14H16FN5O. The fourth-order valence-electron chi connectivity index (χ4n) is 2.41. The molecule has 110 valence electrons. The molecule has 1 saturated heterocycles. The van der Waals surface area contributed by atoms with Crippen LogP contribution in [0.4, 0.5) is 16.3 Å². The first-order valence-corrected chi connectivity index (χ1v) is 6.78. The summed E-state index contributed by atoms with van der Waals surface area (Å²) in [6, 6.07) is 4.20. The molecule has 1 aromatic heterocycles. The number of nitrogens with two attached hydrogens (primary N) is 1. The van der Waals surface area contributed by atoms with Crippen LogP contribution in [0, 0.1) is 5.82 Å². The van der Waals surface area contributed by atoms with Crippen LogP contribution in [0.25, 0.3) is 11.4 Å². The van der Waals surface area contributed by atoms with E-state index in [1.54, 1.807) is 6.07 Å². The maximum Gasteiger partial charge on any atom is 0.230 e. The highest BCUT2D eigenvalue weighted by Crippen LogP contribution is 2.29. The van der Waals surface area contributed by atoms with E-state index in [1.165, 1.54) is 19.2 Å². The number of aromatic nitrogens is 3. The number of benzene rings is 1. The second kappa shape index (κ2) is 5.51. The number of anilines is 2. The molecule has 7 heteroatoms. The van der Waals surface area contributed by atoms with Gasteiger partial charge in [-0.15, -0.1) is 0 Å².